The zero-order valence-electron chi connectivity index (χ0n) is 16.6. The molecule has 28 heavy (non-hydrogen) atoms. The molecule has 1 N–H and O–H groups in total. The Balaban J connectivity index is 2.05. The second kappa shape index (κ2) is 10.6. The van der Waals surface area contributed by atoms with Crippen LogP contribution in [0.2, 0.25) is 5.02 Å². The van der Waals surface area contributed by atoms with Gasteiger partial charge in [-0.15, -0.1) is 0 Å². The zero-order chi connectivity index (χ0) is 20.5. The molecule has 2 rings (SSSR count). The van der Waals surface area contributed by atoms with Gasteiger partial charge in [0, 0.05) is 11.8 Å². The molecule has 0 radical (unpaired) electrons. The first-order valence-corrected chi connectivity index (χ1v) is 9.53. The number of anilines is 1. The van der Waals surface area contributed by atoms with Gasteiger partial charge in [-0.3, -0.25) is 4.79 Å². The van der Waals surface area contributed by atoms with Crippen molar-refractivity contribution < 1.29 is 19.0 Å². The number of benzene rings is 2. The highest BCUT2D eigenvalue weighted by atomic mass is 35.5. The standard InChI is InChI=1S/C22H26ClNO4/c1-5-27-18-9-7-17(8-10-18)24-21(25)11-6-16-12-19(23)22(20(13-16)26-4)28-14-15(2)3/h6-13,15H,5,14H2,1-4H3,(H,24,25)/b11-6+. The van der Waals surface area contributed by atoms with E-state index < -0.39 is 0 Å². The van der Waals surface area contributed by atoms with E-state index in [4.69, 9.17) is 25.8 Å². The molecule has 0 heterocycles. The molecule has 0 spiro atoms. The molecular formula is C22H26ClNO4. The van der Waals surface area contributed by atoms with E-state index in [1.54, 1.807) is 37.5 Å². The summed E-state index contributed by atoms with van der Waals surface area (Å²) in [6.07, 6.45) is 3.11. The van der Waals surface area contributed by atoms with Crippen molar-refractivity contribution in [2.75, 3.05) is 25.6 Å². The van der Waals surface area contributed by atoms with Gasteiger partial charge in [-0.05, 0) is 60.9 Å². The van der Waals surface area contributed by atoms with Crippen LogP contribution in [0.4, 0.5) is 5.69 Å². The van der Waals surface area contributed by atoms with Gasteiger partial charge in [0.15, 0.2) is 11.5 Å². The molecule has 0 aliphatic rings. The summed E-state index contributed by atoms with van der Waals surface area (Å²) >= 11 is 6.33. The maximum atomic E-state index is 12.2. The SMILES string of the molecule is CCOc1ccc(NC(=O)/C=C/c2cc(Cl)c(OCC(C)C)c(OC)c2)cc1. The smallest absolute Gasteiger partial charge is 0.248 e. The predicted octanol–water partition coefficient (Wildman–Crippen LogP) is 5.43. The van der Waals surface area contributed by atoms with Crippen molar-refractivity contribution in [2.24, 2.45) is 5.92 Å². The van der Waals surface area contributed by atoms with E-state index in [0.717, 1.165) is 11.3 Å². The van der Waals surface area contributed by atoms with Gasteiger partial charge in [-0.25, -0.2) is 0 Å². The summed E-state index contributed by atoms with van der Waals surface area (Å²) in [5.41, 5.74) is 1.42. The Kier molecular flexibility index (Phi) is 8.20. The van der Waals surface area contributed by atoms with Crippen LogP contribution >= 0.6 is 11.6 Å². The maximum Gasteiger partial charge on any atom is 0.248 e. The number of rotatable bonds is 9. The molecule has 0 aromatic heterocycles. The summed E-state index contributed by atoms with van der Waals surface area (Å²) in [6, 6.07) is 10.7. The van der Waals surface area contributed by atoms with Gasteiger partial charge in [0.2, 0.25) is 5.91 Å². The van der Waals surface area contributed by atoms with Crippen LogP contribution in [0.3, 0.4) is 0 Å². The summed E-state index contributed by atoms with van der Waals surface area (Å²) in [5, 5.41) is 3.24. The van der Waals surface area contributed by atoms with E-state index in [9.17, 15) is 4.79 Å². The van der Waals surface area contributed by atoms with Gasteiger partial charge >= 0.3 is 0 Å². The number of ether oxygens (including phenoxy) is 3. The van der Waals surface area contributed by atoms with Gasteiger partial charge in [-0.1, -0.05) is 25.4 Å². The van der Waals surface area contributed by atoms with Crippen LogP contribution in [0.1, 0.15) is 26.3 Å². The molecule has 0 unspecified atom stereocenters. The van der Waals surface area contributed by atoms with E-state index in [1.165, 1.54) is 6.08 Å². The van der Waals surface area contributed by atoms with Crippen molar-refractivity contribution in [3.8, 4) is 17.2 Å². The van der Waals surface area contributed by atoms with Crippen molar-refractivity contribution in [3.05, 3.63) is 53.1 Å². The molecular weight excluding hydrogens is 378 g/mol. The molecule has 6 heteroatoms. The number of nitrogens with one attached hydrogen (secondary N) is 1. The van der Waals surface area contributed by atoms with Crippen LogP contribution in [-0.4, -0.2) is 26.2 Å². The fourth-order valence-corrected chi connectivity index (χ4v) is 2.66. The first-order valence-electron chi connectivity index (χ1n) is 9.15. The van der Waals surface area contributed by atoms with Crippen LogP contribution in [0, 0.1) is 5.92 Å². The molecule has 0 saturated heterocycles. The van der Waals surface area contributed by atoms with Crippen LogP contribution in [0.5, 0.6) is 17.2 Å². The van der Waals surface area contributed by atoms with Gasteiger partial charge in [0.25, 0.3) is 0 Å². The third kappa shape index (κ3) is 6.50. The van der Waals surface area contributed by atoms with E-state index in [0.29, 0.717) is 41.3 Å². The lowest BCUT2D eigenvalue weighted by atomic mass is 10.1. The van der Waals surface area contributed by atoms with Gasteiger partial charge in [-0.2, -0.15) is 0 Å². The largest absolute Gasteiger partial charge is 0.494 e. The summed E-state index contributed by atoms with van der Waals surface area (Å²) in [7, 11) is 1.56. The maximum absolute atomic E-state index is 12.2. The molecule has 0 saturated carbocycles. The Bertz CT molecular complexity index is 816. The number of carbonyl (C=O) groups is 1. The summed E-state index contributed by atoms with van der Waals surface area (Å²) in [4.78, 5) is 12.2. The Morgan fingerprint density at radius 1 is 1.18 bits per heavy atom. The Morgan fingerprint density at radius 3 is 2.50 bits per heavy atom. The van der Waals surface area contributed by atoms with Gasteiger partial charge < -0.3 is 19.5 Å². The second-order valence-electron chi connectivity index (χ2n) is 6.52. The van der Waals surface area contributed by atoms with Crippen molar-refractivity contribution in [3.63, 3.8) is 0 Å². The molecule has 0 aliphatic carbocycles. The number of methoxy groups -OCH3 is 1. The van der Waals surface area contributed by atoms with Crippen molar-refractivity contribution in [1.82, 2.24) is 0 Å². The van der Waals surface area contributed by atoms with E-state index in [2.05, 4.69) is 19.2 Å². The summed E-state index contributed by atoms with van der Waals surface area (Å²) in [6.45, 7) is 7.17. The first-order chi connectivity index (χ1) is 13.4. The van der Waals surface area contributed by atoms with Crippen LogP contribution in [0.25, 0.3) is 6.08 Å². The monoisotopic (exact) mass is 403 g/mol. The minimum Gasteiger partial charge on any atom is -0.494 e. The van der Waals surface area contributed by atoms with Crippen LogP contribution in [-0.2, 0) is 4.79 Å². The number of hydrogen-bond donors (Lipinski definition) is 1. The average Bonchev–Trinajstić information content (AvgIpc) is 2.66. The van der Waals surface area contributed by atoms with Gasteiger partial charge in [0.05, 0.1) is 25.3 Å². The highest BCUT2D eigenvalue weighted by molar-refractivity contribution is 6.32. The quantitative estimate of drug-likeness (QED) is 0.567. The Labute approximate surface area is 171 Å². The molecule has 1 amide bonds. The molecule has 0 aliphatic heterocycles. The van der Waals surface area contributed by atoms with Crippen LogP contribution < -0.4 is 19.5 Å². The Hall–Kier alpha value is -2.66. The van der Waals surface area contributed by atoms with Crippen molar-refractivity contribution in [1.29, 1.82) is 0 Å². The third-order valence-corrected chi connectivity index (χ3v) is 3.95. The minimum atomic E-state index is -0.251. The zero-order valence-corrected chi connectivity index (χ0v) is 17.4. The number of carbonyl (C=O) groups excluding carboxylic acids is 1. The van der Waals surface area contributed by atoms with E-state index in [-0.39, 0.29) is 5.91 Å². The molecule has 0 atom stereocenters. The summed E-state index contributed by atoms with van der Waals surface area (Å²) < 4.78 is 16.5. The van der Waals surface area contributed by atoms with E-state index >= 15 is 0 Å². The van der Waals surface area contributed by atoms with Crippen LogP contribution in [0.15, 0.2) is 42.5 Å². The lowest BCUT2D eigenvalue weighted by molar-refractivity contribution is -0.111. The Morgan fingerprint density at radius 2 is 1.89 bits per heavy atom. The number of amides is 1. The molecule has 0 fully saturated rings. The van der Waals surface area contributed by atoms with E-state index in [1.807, 2.05) is 19.1 Å². The minimum absolute atomic E-state index is 0.251. The topological polar surface area (TPSA) is 56.8 Å². The fraction of sp³-hybridized carbons (Fsp3) is 0.318. The third-order valence-electron chi connectivity index (χ3n) is 3.67. The highest BCUT2D eigenvalue weighted by Crippen LogP contribution is 2.37. The number of hydrogen-bond acceptors (Lipinski definition) is 4. The molecule has 2 aromatic carbocycles. The van der Waals surface area contributed by atoms with Crippen molar-refractivity contribution in [2.45, 2.75) is 20.8 Å². The predicted molar refractivity (Wildman–Crippen MR) is 114 cm³/mol. The normalized spacial score (nSPS) is 10.9. The first kappa shape index (κ1) is 21.6. The fourth-order valence-electron chi connectivity index (χ4n) is 2.38. The molecule has 5 nitrogen and oxygen atoms in total. The average molecular weight is 404 g/mol. The highest BCUT2D eigenvalue weighted by Gasteiger charge is 2.12. The van der Waals surface area contributed by atoms with Gasteiger partial charge in [0.1, 0.15) is 5.75 Å². The number of halogens is 1. The molecule has 2 aromatic rings. The second-order valence-corrected chi connectivity index (χ2v) is 6.93. The lowest BCUT2D eigenvalue weighted by Crippen LogP contribution is -2.07. The summed E-state index contributed by atoms with van der Waals surface area (Å²) in [5.74, 6) is 1.91. The molecule has 0 bridgehead atoms. The van der Waals surface area contributed by atoms with Crippen molar-refractivity contribution >= 4 is 29.3 Å². The lowest BCUT2D eigenvalue weighted by Gasteiger charge is -2.14. The molecule has 150 valence electrons.